The molecular formula is C39H24N4S. The van der Waals surface area contributed by atoms with Gasteiger partial charge in [-0.3, -0.25) is 4.57 Å². The molecule has 0 aliphatic carbocycles. The van der Waals surface area contributed by atoms with Crippen LogP contribution in [0.1, 0.15) is 0 Å². The summed E-state index contributed by atoms with van der Waals surface area (Å²) in [6.45, 7) is 0. The summed E-state index contributed by atoms with van der Waals surface area (Å²) in [5.41, 5.74) is 7.01. The second-order valence-corrected chi connectivity index (χ2v) is 11.9. The molecule has 0 bridgehead atoms. The van der Waals surface area contributed by atoms with E-state index in [0.717, 1.165) is 55.0 Å². The monoisotopic (exact) mass is 580 g/mol. The Morgan fingerprint density at radius 2 is 1.16 bits per heavy atom. The molecule has 44 heavy (non-hydrogen) atoms. The van der Waals surface area contributed by atoms with E-state index in [1.165, 1.54) is 20.9 Å². The highest BCUT2D eigenvalue weighted by atomic mass is 32.1. The topological polar surface area (TPSA) is 43.6 Å². The lowest BCUT2D eigenvalue weighted by atomic mass is 10.1. The number of rotatable bonds is 4. The van der Waals surface area contributed by atoms with Gasteiger partial charge in [0.25, 0.3) is 0 Å². The number of nitrogens with zero attached hydrogens (tertiary/aromatic N) is 4. The van der Waals surface area contributed by atoms with E-state index in [1.807, 2.05) is 18.3 Å². The van der Waals surface area contributed by atoms with Gasteiger partial charge in [0.15, 0.2) is 11.6 Å². The molecule has 5 heteroatoms. The van der Waals surface area contributed by atoms with Gasteiger partial charge in [-0.2, -0.15) is 0 Å². The number of pyridine rings is 1. The van der Waals surface area contributed by atoms with Gasteiger partial charge in [0, 0.05) is 49.1 Å². The summed E-state index contributed by atoms with van der Waals surface area (Å²) in [5.74, 6) is 1.60. The molecule has 5 aromatic carbocycles. The number of aromatic nitrogens is 4. The molecule has 9 rings (SSSR count). The van der Waals surface area contributed by atoms with E-state index in [-0.39, 0.29) is 0 Å². The summed E-state index contributed by atoms with van der Waals surface area (Å²) in [5, 5.41) is 4.79. The fraction of sp³-hybridized carbons (Fsp3) is 0. The summed E-state index contributed by atoms with van der Waals surface area (Å²) in [6, 6.07) is 48.5. The zero-order valence-electron chi connectivity index (χ0n) is 23.6. The zero-order chi connectivity index (χ0) is 29.0. The molecule has 206 valence electrons. The van der Waals surface area contributed by atoms with Gasteiger partial charge < -0.3 is 0 Å². The Labute approximate surface area is 257 Å². The van der Waals surface area contributed by atoms with Crippen molar-refractivity contribution in [2.75, 3.05) is 0 Å². The average Bonchev–Trinajstić information content (AvgIpc) is 3.65. The molecule has 0 fully saturated rings. The van der Waals surface area contributed by atoms with Crippen molar-refractivity contribution in [3.8, 4) is 39.7 Å². The van der Waals surface area contributed by atoms with Crippen molar-refractivity contribution < 1.29 is 0 Å². The van der Waals surface area contributed by atoms with E-state index in [4.69, 9.17) is 15.0 Å². The van der Waals surface area contributed by atoms with Gasteiger partial charge in [-0.15, -0.1) is 11.3 Å². The van der Waals surface area contributed by atoms with Crippen molar-refractivity contribution in [2.45, 2.75) is 0 Å². The summed E-state index contributed by atoms with van der Waals surface area (Å²) >= 11 is 1.79. The maximum atomic E-state index is 5.21. The molecule has 4 heterocycles. The molecule has 0 amide bonds. The van der Waals surface area contributed by atoms with E-state index >= 15 is 0 Å². The molecule has 4 aromatic heterocycles. The lowest BCUT2D eigenvalue weighted by Crippen LogP contribution is -2.01. The molecule has 0 N–H and O–H groups in total. The second-order valence-electron chi connectivity index (χ2n) is 10.9. The molecule has 0 atom stereocenters. The maximum Gasteiger partial charge on any atom is 0.162 e. The lowest BCUT2D eigenvalue weighted by Gasteiger charge is -2.13. The van der Waals surface area contributed by atoms with Gasteiger partial charge in [-0.25, -0.2) is 15.0 Å². The summed E-state index contributed by atoms with van der Waals surface area (Å²) < 4.78 is 4.73. The Morgan fingerprint density at radius 1 is 0.523 bits per heavy atom. The van der Waals surface area contributed by atoms with Gasteiger partial charge >= 0.3 is 0 Å². The van der Waals surface area contributed by atoms with Crippen LogP contribution < -0.4 is 0 Å². The van der Waals surface area contributed by atoms with Crippen LogP contribution in [-0.4, -0.2) is 19.5 Å². The van der Waals surface area contributed by atoms with Crippen LogP contribution in [0.4, 0.5) is 0 Å². The minimum absolute atomic E-state index is 0.684. The van der Waals surface area contributed by atoms with Crippen molar-refractivity contribution in [1.29, 1.82) is 0 Å². The van der Waals surface area contributed by atoms with Crippen LogP contribution in [-0.2, 0) is 0 Å². The van der Waals surface area contributed by atoms with Crippen molar-refractivity contribution in [2.24, 2.45) is 0 Å². The number of hydrogen-bond donors (Lipinski definition) is 0. The first-order valence-corrected chi connectivity index (χ1v) is 15.4. The molecule has 0 saturated heterocycles. The SMILES string of the molecule is c1ccc(-c2cc(-c3ccccc3)nc(-c3cccc4c5ccccc5n(-c5nccc6c5sc5ccccc56)c34)n2)cc1. The van der Waals surface area contributed by atoms with Crippen LogP contribution in [0.25, 0.3) is 81.7 Å². The van der Waals surface area contributed by atoms with Crippen LogP contribution in [0.15, 0.2) is 146 Å². The molecule has 0 radical (unpaired) electrons. The standard InChI is InChI=1S/C39H24N4S/c1-3-12-25(13-4-1)32-24-33(26-14-5-2-6-15-26)42-38(41-32)31-19-11-18-29-27-16-7-9-20-34(27)43(36(29)31)39-37-30(22-23-40-39)28-17-8-10-21-35(28)44-37/h1-24H. The first-order chi connectivity index (χ1) is 21.8. The first-order valence-electron chi connectivity index (χ1n) is 14.6. The van der Waals surface area contributed by atoms with Gasteiger partial charge in [0.1, 0.15) is 0 Å². The maximum absolute atomic E-state index is 5.21. The van der Waals surface area contributed by atoms with Crippen LogP contribution in [0.2, 0.25) is 0 Å². The molecule has 0 spiro atoms. The fourth-order valence-corrected chi connectivity index (χ4v) is 7.48. The van der Waals surface area contributed by atoms with Crippen molar-refractivity contribution in [1.82, 2.24) is 19.5 Å². The van der Waals surface area contributed by atoms with E-state index in [0.29, 0.717) is 5.82 Å². The predicted molar refractivity (Wildman–Crippen MR) is 183 cm³/mol. The molecule has 9 aromatic rings. The van der Waals surface area contributed by atoms with E-state index < -0.39 is 0 Å². The summed E-state index contributed by atoms with van der Waals surface area (Å²) in [6.07, 6.45) is 1.93. The first kappa shape index (κ1) is 24.9. The number of hydrogen-bond acceptors (Lipinski definition) is 4. The minimum atomic E-state index is 0.684. The molecule has 0 aliphatic rings. The highest BCUT2D eigenvalue weighted by molar-refractivity contribution is 7.26. The van der Waals surface area contributed by atoms with E-state index in [1.54, 1.807) is 11.3 Å². The highest BCUT2D eigenvalue weighted by Crippen LogP contribution is 2.42. The quantitative estimate of drug-likeness (QED) is 0.208. The molecule has 0 aliphatic heterocycles. The zero-order valence-corrected chi connectivity index (χ0v) is 24.4. The van der Waals surface area contributed by atoms with Gasteiger partial charge in [0.2, 0.25) is 0 Å². The molecule has 4 nitrogen and oxygen atoms in total. The van der Waals surface area contributed by atoms with Gasteiger partial charge in [-0.1, -0.05) is 109 Å². The Kier molecular flexibility index (Phi) is 5.64. The molecule has 0 saturated carbocycles. The molecular weight excluding hydrogens is 557 g/mol. The third-order valence-electron chi connectivity index (χ3n) is 8.29. The predicted octanol–water partition coefficient (Wildman–Crippen LogP) is 10.3. The average molecular weight is 581 g/mol. The van der Waals surface area contributed by atoms with Crippen LogP contribution in [0.3, 0.4) is 0 Å². The van der Waals surface area contributed by atoms with Crippen molar-refractivity contribution in [3.05, 3.63) is 146 Å². The third-order valence-corrected chi connectivity index (χ3v) is 9.47. The smallest absolute Gasteiger partial charge is 0.162 e. The number of thiophene rings is 1. The van der Waals surface area contributed by atoms with Crippen molar-refractivity contribution in [3.63, 3.8) is 0 Å². The normalized spacial score (nSPS) is 11.6. The van der Waals surface area contributed by atoms with Crippen molar-refractivity contribution >= 4 is 53.3 Å². The van der Waals surface area contributed by atoms with E-state index in [9.17, 15) is 0 Å². The Hall–Kier alpha value is -5.65. The fourth-order valence-electron chi connectivity index (χ4n) is 6.30. The Morgan fingerprint density at radius 3 is 1.91 bits per heavy atom. The van der Waals surface area contributed by atoms with Crippen LogP contribution in [0, 0.1) is 0 Å². The Bertz CT molecular complexity index is 2440. The number of benzene rings is 5. The largest absolute Gasteiger partial charge is 0.292 e. The minimum Gasteiger partial charge on any atom is -0.292 e. The van der Waals surface area contributed by atoms with Crippen LogP contribution >= 0.6 is 11.3 Å². The number of para-hydroxylation sites is 2. The van der Waals surface area contributed by atoms with Gasteiger partial charge in [0.05, 0.1) is 27.1 Å². The summed E-state index contributed by atoms with van der Waals surface area (Å²) in [7, 11) is 0. The van der Waals surface area contributed by atoms with Crippen LogP contribution in [0.5, 0.6) is 0 Å². The number of fused-ring (bicyclic) bond motifs is 6. The highest BCUT2D eigenvalue weighted by Gasteiger charge is 2.22. The Balaban J connectivity index is 1.39. The van der Waals surface area contributed by atoms with Gasteiger partial charge in [-0.05, 0) is 30.3 Å². The van der Waals surface area contributed by atoms with E-state index in [2.05, 4.69) is 132 Å². The summed E-state index contributed by atoms with van der Waals surface area (Å²) in [4.78, 5) is 15.5. The third kappa shape index (κ3) is 3.87. The lowest BCUT2D eigenvalue weighted by molar-refractivity contribution is 1.10. The molecule has 0 unspecified atom stereocenters. The second kappa shape index (κ2) is 9.97.